The Hall–Kier alpha value is -3.13. The molecule has 0 radical (unpaired) electrons. The first-order valence-electron chi connectivity index (χ1n) is 10.3. The number of rotatable bonds is 6. The molecule has 3 aromatic rings. The Morgan fingerprint density at radius 2 is 1.90 bits per heavy atom. The van der Waals surface area contributed by atoms with Crippen LogP contribution in [0.5, 0.6) is 0 Å². The highest BCUT2D eigenvalue weighted by Crippen LogP contribution is 2.27. The molecule has 0 aliphatic carbocycles. The highest BCUT2D eigenvalue weighted by molar-refractivity contribution is 7.90. The molecule has 2 N–H and O–H groups in total. The summed E-state index contributed by atoms with van der Waals surface area (Å²) in [6.45, 7) is 1.28. The van der Waals surface area contributed by atoms with Crippen molar-refractivity contribution in [2.45, 2.75) is 24.2 Å². The molecule has 31 heavy (non-hydrogen) atoms. The van der Waals surface area contributed by atoms with Gasteiger partial charge in [-0.15, -0.1) is 0 Å². The molecule has 1 fully saturated rings. The quantitative estimate of drug-likeness (QED) is 0.613. The number of hydrogen-bond donors (Lipinski definition) is 2. The SMILES string of the molecule is CS(=O)(=O)c1cn[nH]c1C[C@@H]1CCCN(C(=O)c2ccccc2Nc2ccccc2)C1. The van der Waals surface area contributed by atoms with Gasteiger partial charge in [0, 0.05) is 25.0 Å². The Morgan fingerprint density at radius 1 is 1.16 bits per heavy atom. The van der Waals surface area contributed by atoms with E-state index in [4.69, 9.17) is 0 Å². The van der Waals surface area contributed by atoms with Gasteiger partial charge < -0.3 is 10.2 Å². The summed E-state index contributed by atoms with van der Waals surface area (Å²) in [5.41, 5.74) is 2.94. The van der Waals surface area contributed by atoms with E-state index in [2.05, 4.69) is 15.5 Å². The number of carbonyl (C=O) groups is 1. The average molecular weight is 439 g/mol. The molecule has 1 aromatic heterocycles. The minimum Gasteiger partial charge on any atom is -0.355 e. The summed E-state index contributed by atoms with van der Waals surface area (Å²) < 4.78 is 23.9. The standard InChI is InChI=1S/C23H26N4O3S/c1-31(29,30)22-15-24-26-21(22)14-17-8-7-13-27(16-17)23(28)19-11-5-6-12-20(19)25-18-9-3-2-4-10-18/h2-6,9-12,15,17,25H,7-8,13-14,16H2,1H3,(H,24,26)/t17-/m0/s1. The first-order chi connectivity index (χ1) is 14.9. The summed E-state index contributed by atoms with van der Waals surface area (Å²) in [6, 6.07) is 17.3. The van der Waals surface area contributed by atoms with Crippen molar-refractivity contribution in [2.75, 3.05) is 24.7 Å². The first kappa shape index (κ1) is 21.1. The Kier molecular flexibility index (Phi) is 6.08. The van der Waals surface area contributed by atoms with Crippen molar-refractivity contribution < 1.29 is 13.2 Å². The van der Waals surface area contributed by atoms with Crippen molar-refractivity contribution in [3.8, 4) is 0 Å². The molecule has 1 atom stereocenters. The normalized spacial score (nSPS) is 16.8. The molecular formula is C23H26N4O3S. The fourth-order valence-electron chi connectivity index (χ4n) is 4.10. The number of para-hydroxylation sites is 2. The second kappa shape index (κ2) is 8.93. The van der Waals surface area contributed by atoms with Crippen molar-refractivity contribution in [3.63, 3.8) is 0 Å². The summed E-state index contributed by atoms with van der Waals surface area (Å²) in [7, 11) is -3.33. The van der Waals surface area contributed by atoms with E-state index in [0.717, 1.165) is 24.2 Å². The Labute approximate surface area is 182 Å². The van der Waals surface area contributed by atoms with Gasteiger partial charge in [0.2, 0.25) is 0 Å². The zero-order valence-electron chi connectivity index (χ0n) is 17.4. The predicted molar refractivity (Wildman–Crippen MR) is 120 cm³/mol. The maximum Gasteiger partial charge on any atom is 0.255 e. The lowest BCUT2D eigenvalue weighted by molar-refractivity contribution is 0.0673. The van der Waals surface area contributed by atoms with Gasteiger partial charge in [0.15, 0.2) is 9.84 Å². The van der Waals surface area contributed by atoms with Crippen LogP contribution >= 0.6 is 0 Å². The van der Waals surface area contributed by atoms with Gasteiger partial charge >= 0.3 is 0 Å². The highest BCUT2D eigenvalue weighted by atomic mass is 32.2. The van der Waals surface area contributed by atoms with Crippen molar-refractivity contribution in [1.82, 2.24) is 15.1 Å². The van der Waals surface area contributed by atoms with Gasteiger partial charge in [-0.2, -0.15) is 5.10 Å². The molecule has 0 spiro atoms. The van der Waals surface area contributed by atoms with Crippen LogP contribution < -0.4 is 5.32 Å². The van der Waals surface area contributed by atoms with Gasteiger partial charge in [-0.1, -0.05) is 30.3 Å². The van der Waals surface area contributed by atoms with Gasteiger partial charge in [0.25, 0.3) is 5.91 Å². The molecule has 1 amide bonds. The second-order valence-corrected chi connectivity index (χ2v) is 9.97. The molecule has 7 nitrogen and oxygen atoms in total. The van der Waals surface area contributed by atoms with Crippen LogP contribution in [0.25, 0.3) is 0 Å². The van der Waals surface area contributed by atoms with E-state index >= 15 is 0 Å². The molecule has 0 bridgehead atoms. The van der Waals surface area contributed by atoms with Crippen molar-refractivity contribution in [2.24, 2.45) is 5.92 Å². The van der Waals surface area contributed by atoms with Crippen LogP contribution in [0.2, 0.25) is 0 Å². The number of H-pyrrole nitrogens is 1. The Bertz CT molecular complexity index is 1160. The number of nitrogens with zero attached hydrogens (tertiary/aromatic N) is 2. The third kappa shape index (κ3) is 4.96. The Balaban J connectivity index is 1.49. The number of aromatic amines is 1. The minimum absolute atomic E-state index is 0.0170. The number of hydrogen-bond acceptors (Lipinski definition) is 5. The van der Waals surface area contributed by atoms with Crippen LogP contribution in [-0.4, -0.2) is 48.8 Å². The molecular weight excluding hydrogens is 412 g/mol. The van der Waals surface area contributed by atoms with Gasteiger partial charge in [-0.05, 0) is 49.4 Å². The molecule has 8 heteroatoms. The lowest BCUT2D eigenvalue weighted by Crippen LogP contribution is -2.40. The van der Waals surface area contributed by atoms with E-state index in [9.17, 15) is 13.2 Å². The summed E-state index contributed by atoms with van der Waals surface area (Å²) in [5, 5.41) is 10.1. The van der Waals surface area contributed by atoms with Crippen LogP contribution in [0.15, 0.2) is 65.7 Å². The summed E-state index contributed by atoms with van der Waals surface area (Å²) in [6.07, 6.45) is 4.93. The predicted octanol–water partition coefficient (Wildman–Crippen LogP) is 3.65. The number of piperidine rings is 1. The van der Waals surface area contributed by atoms with E-state index in [1.165, 1.54) is 12.5 Å². The summed E-state index contributed by atoms with van der Waals surface area (Å²) in [5.74, 6) is 0.157. The van der Waals surface area contributed by atoms with Gasteiger partial charge in [0.05, 0.1) is 23.1 Å². The fraction of sp³-hybridized carbons (Fsp3) is 0.304. The molecule has 1 aliphatic rings. The molecule has 1 saturated heterocycles. The van der Waals surface area contributed by atoms with Crippen LogP contribution in [0.4, 0.5) is 11.4 Å². The van der Waals surface area contributed by atoms with Gasteiger partial charge in [-0.25, -0.2) is 8.42 Å². The van der Waals surface area contributed by atoms with E-state index in [0.29, 0.717) is 30.8 Å². The van der Waals surface area contributed by atoms with Crippen LogP contribution in [-0.2, 0) is 16.3 Å². The van der Waals surface area contributed by atoms with E-state index in [-0.39, 0.29) is 16.7 Å². The van der Waals surface area contributed by atoms with Crippen LogP contribution in [0.3, 0.4) is 0 Å². The molecule has 2 aromatic carbocycles. The zero-order valence-corrected chi connectivity index (χ0v) is 18.2. The number of likely N-dealkylation sites (tertiary alicyclic amines) is 1. The molecule has 162 valence electrons. The van der Waals surface area contributed by atoms with Crippen molar-refractivity contribution in [3.05, 3.63) is 72.1 Å². The van der Waals surface area contributed by atoms with Crippen molar-refractivity contribution >= 4 is 27.1 Å². The number of anilines is 2. The maximum absolute atomic E-state index is 13.4. The molecule has 2 heterocycles. The second-order valence-electron chi connectivity index (χ2n) is 7.99. The highest BCUT2D eigenvalue weighted by Gasteiger charge is 2.28. The number of amides is 1. The largest absolute Gasteiger partial charge is 0.355 e. The summed E-state index contributed by atoms with van der Waals surface area (Å²) in [4.78, 5) is 15.5. The topological polar surface area (TPSA) is 95.2 Å². The smallest absolute Gasteiger partial charge is 0.255 e. The first-order valence-corrected chi connectivity index (χ1v) is 12.2. The lowest BCUT2D eigenvalue weighted by Gasteiger charge is -2.33. The van der Waals surface area contributed by atoms with E-state index in [1.54, 1.807) is 0 Å². The Morgan fingerprint density at radius 3 is 2.68 bits per heavy atom. The number of carbonyl (C=O) groups excluding carboxylic acids is 1. The third-order valence-corrected chi connectivity index (χ3v) is 6.74. The average Bonchev–Trinajstić information content (AvgIpc) is 3.23. The lowest BCUT2D eigenvalue weighted by atomic mass is 9.93. The van der Waals surface area contributed by atoms with Crippen molar-refractivity contribution in [1.29, 1.82) is 0 Å². The molecule has 0 saturated carbocycles. The molecule has 4 rings (SSSR count). The third-order valence-electron chi connectivity index (χ3n) is 5.59. The molecule has 1 aliphatic heterocycles. The number of sulfone groups is 1. The number of benzene rings is 2. The zero-order chi connectivity index (χ0) is 21.8. The maximum atomic E-state index is 13.4. The minimum atomic E-state index is -3.33. The molecule has 0 unspecified atom stereocenters. The van der Waals surface area contributed by atoms with Gasteiger partial charge in [-0.3, -0.25) is 9.89 Å². The number of aromatic nitrogens is 2. The summed E-state index contributed by atoms with van der Waals surface area (Å²) >= 11 is 0. The van der Waals surface area contributed by atoms with E-state index in [1.807, 2.05) is 59.5 Å². The van der Waals surface area contributed by atoms with E-state index < -0.39 is 9.84 Å². The fourth-order valence-corrected chi connectivity index (χ4v) is 4.92. The monoisotopic (exact) mass is 438 g/mol. The number of nitrogens with one attached hydrogen (secondary N) is 2. The van der Waals surface area contributed by atoms with Crippen LogP contribution in [0.1, 0.15) is 28.9 Å². The van der Waals surface area contributed by atoms with Crippen LogP contribution in [0, 0.1) is 5.92 Å². The van der Waals surface area contributed by atoms with Gasteiger partial charge in [0.1, 0.15) is 4.90 Å².